The lowest BCUT2D eigenvalue weighted by Crippen LogP contribution is -2.45. The van der Waals surface area contributed by atoms with Crippen molar-refractivity contribution in [1.82, 2.24) is 5.32 Å². The molecular weight excluding hydrogens is 1060 g/mol. The van der Waals surface area contributed by atoms with Crippen LogP contribution in [0.3, 0.4) is 0 Å². The Balaban J connectivity index is 4.16. The van der Waals surface area contributed by atoms with Crippen LogP contribution in [0.15, 0.2) is 146 Å². The van der Waals surface area contributed by atoms with Gasteiger partial charge in [0.25, 0.3) is 7.82 Å². The molecule has 0 aromatic carbocycles. The van der Waals surface area contributed by atoms with E-state index < -0.39 is 26.6 Å². The summed E-state index contributed by atoms with van der Waals surface area (Å²) in [7, 11) is 1.24. The summed E-state index contributed by atoms with van der Waals surface area (Å²) in [5, 5.41) is 13.9. The van der Waals surface area contributed by atoms with Gasteiger partial charge in [0.05, 0.1) is 39.9 Å². The minimum Gasteiger partial charge on any atom is -0.756 e. The van der Waals surface area contributed by atoms with E-state index in [1.807, 2.05) is 27.2 Å². The number of phosphoric ester groups is 1. The van der Waals surface area contributed by atoms with Crippen LogP contribution in [-0.2, 0) is 18.4 Å². The molecule has 8 nitrogen and oxygen atoms in total. The molecule has 9 heteroatoms. The lowest BCUT2D eigenvalue weighted by Gasteiger charge is -2.29. The molecule has 0 aliphatic heterocycles. The van der Waals surface area contributed by atoms with E-state index in [0.29, 0.717) is 17.4 Å². The summed E-state index contributed by atoms with van der Waals surface area (Å²) in [5.74, 6) is -0.212. The molecule has 3 unspecified atom stereocenters. The first-order chi connectivity index (χ1) is 41.0. The average Bonchev–Trinajstić information content (AvgIpc) is 3.56. The van der Waals surface area contributed by atoms with Gasteiger partial charge in [-0.05, 0) is 103 Å². The molecule has 2 N–H and O–H groups in total. The van der Waals surface area contributed by atoms with Crippen LogP contribution in [0.4, 0.5) is 0 Å². The molecule has 1 amide bonds. The SMILES string of the molecule is CC/C=C\C/C=C\C/C=C\C/C=C\C/C=C\C/C=C\C/C=C\C/C=C\C/C=C\C/C=C\C/C=C\CCCCCCCCCC(=O)NC(COP(=O)([O-])OCC[N+](C)(C)C)C(O)/C=C/CCCCCCCCCCCCCCCCCCCCC. The van der Waals surface area contributed by atoms with E-state index in [9.17, 15) is 19.4 Å². The summed E-state index contributed by atoms with van der Waals surface area (Å²) < 4.78 is 23.4. The van der Waals surface area contributed by atoms with E-state index in [4.69, 9.17) is 9.05 Å². The maximum Gasteiger partial charge on any atom is 0.268 e. The number of phosphoric acid groups is 1. The van der Waals surface area contributed by atoms with E-state index in [-0.39, 0.29) is 12.5 Å². The topological polar surface area (TPSA) is 108 Å². The first-order valence-electron chi connectivity index (χ1n) is 34.2. The number of carbonyl (C=O) groups is 1. The minimum atomic E-state index is -4.61. The van der Waals surface area contributed by atoms with Gasteiger partial charge < -0.3 is 28.8 Å². The summed E-state index contributed by atoms with van der Waals surface area (Å²) in [6, 6.07) is -0.904. The Labute approximate surface area is 519 Å². The predicted octanol–water partition coefficient (Wildman–Crippen LogP) is 21.4. The fraction of sp³-hybridized carbons (Fsp3) is 0.667. The number of carbonyl (C=O) groups excluding carboxylic acids is 1. The number of allylic oxidation sites excluding steroid dienone is 23. The van der Waals surface area contributed by atoms with E-state index in [0.717, 1.165) is 122 Å². The van der Waals surface area contributed by atoms with Gasteiger partial charge in [-0.3, -0.25) is 9.36 Å². The van der Waals surface area contributed by atoms with Crippen molar-refractivity contribution in [3.8, 4) is 0 Å². The summed E-state index contributed by atoms with van der Waals surface area (Å²) in [5.41, 5.74) is 0. The molecule has 0 aromatic heterocycles. The third kappa shape index (κ3) is 65.9. The van der Waals surface area contributed by atoms with Gasteiger partial charge in [0.15, 0.2) is 0 Å². The fourth-order valence-corrected chi connectivity index (χ4v) is 10.00. The maximum atomic E-state index is 13.0. The molecule has 0 aromatic rings. The second-order valence-corrected chi connectivity index (χ2v) is 25.2. The molecule has 84 heavy (non-hydrogen) atoms. The number of rotatable bonds is 61. The first kappa shape index (κ1) is 80.4. The van der Waals surface area contributed by atoms with E-state index in [2.05, 4.69) is 153 Å². The summed E-state index contributed by atoms with van der Waals surface area (Å²) in [4.78, 5) is 25.6. The standard InChI is InChI=1S/C75H129N2O6P/c1-6-8-10-12-14-16-18-20-22-24-26-28-29-30-31-32-33-34-35-36-37-38-39-40-41-42-43-44-45-46-47-49-51-53-55-57-59-61-63-65-67-69-75(79)76-73(72-83-84(80,81)82-71-70-77(3,4)5)74(78)68-66-64-62-60-58-56-54-52-50-48-27-25-23-21-19-17-15-13-11-9-7-2/h8,10,14,16,20,22,26,28,30-31,33-34,36-37,39-40,42-43,45-46,49,51,66,68,73-74,78H,6-7,9,11-13,15,17-19,21,23-25,27,29,32,35,38,41,44,47-48,50,52-65,67,69-72H2,1-5H3,(H-,76,79,80,81)/b10-8-,16-14-,22-20-,28-26-,31-30-,34-33-,37-36-,40-39-,43-42-,46-45-,51-49-,68-66+. The van der Waals surface area contributed by atoms with Gasteiger partial charge in [-0.2, -0.15) is 0 Å². The molecular formula is C75H129N2O6P. The largest absolute Gasteiger partial charge is 0.756 e. The monoisotopic (exact) mass is 1180 g/mol. The lowest BCUT2D eigenvalue weighted by atomic mass is 10.0. The highest BCUT2D eigenvalue weighted by molar-refractivity contribution is 7.45. The number of hydrogen-bond donors (Lipinski definition) is 2. The molecule has 0 fully saturated rings. The van der Waals surface area contributed by atoms with Gasteiger partial charge in [0, 0.05) is 6.42 Å². The molecule has 0 heterocycles. The molecule has 0 spiro atoms. The van der Waals surface area contributed by atoms with Crippen LogP contribution < -0.4 is 10.2 Å². The molecule has 0 rings (SSSR count). The second-order valence-electron chi connectivity index (χ2n) is 23.8. The number of aliphatic hydroxyl groups excluding tert-OH is 1. The summed E-state index contributed by atoms with van der Waals surface area (Å²) in [6.07, 6.45) is 98.0. The maximum absolute atomic E-state index is 13.0. The van der Waals surface area contributed by atoms with Crippen molar-refractivity contribution in [1.29, 1.82) is 0 Å². The van der Waals surface area contributed by atoms with Crippen molar-refractivity contribution in [2.75, 3.05) is 40.9 Å². The molecule has 0 saturated carbocycles. The zero-order valence-corrected chi connectivity index (χ0v) is 55.7. The van der Waals surface area contributed by atoms with Crippen LogP contribution >= 0.6 is 7.82 Å². The highest BCUT2D eigenvalue weighted by Gasteiger charge is 2.23. The predicted molar refractivity (Wildman–Crippen MR) is 366 cm³/mol. The van der Waals surface area contributed by atoms with Gasteiger partial charge in [0.1, 0.15) is 13.2 Å². The van der Waals surface area contributed by atoms with Crippen LogP contribution in [0.1, 0.15) is 271 Å². The Morgan fingerprint density at radius 1 is 0.429 bits per heavy atom. The molecule has 0 radical (unpaired) electrons. The Hall–Kier alpha value is -3.62. The lowest BCUT2D eigenvalue weighted by molar-refractivity contribution is -0.870. The third-order valence-electron chi connectivity index (χ3n) is 14.6. The van der Waals surface area contributed by atoms with Crippen LogP contribution in [0.25, 0.3) is 0 Å². The highest BCUT2D eigenvalue weighted by atomic mass is 31.2. The van der Waals surface area contributed by atoms with Crippen molar-refractivity contribution in [2.45, 2.75) is 283 Å². The number of aliphatic hydroxyl groups is 1. The highest BCUT2D eigenvalue weighted by Crippen LogP contribution is 2.38. The van der Waals surface area contributed by atoms with Gasteiger partial charge >= 0.3 is 0 Å². The zero-order valence-electron chi connectivity index (χ0n) is 54.8. The van der Waals surface area contributed by atoms with Crippen LogP contribution in [0.2, 0.25) is 0 Å². The van der Waals surface area contributed by atoms with E-state index in [1.165, 1.54) is 128 Å². The number of quaternary nitrogens is 1. The van der Waals surface area contributed by atoms with Crippen LogP contribution in [0, 0.1) is 0 Å². The van der Waals surface area contributed by atoms with Gasteiger partial charge in [-0.1, -0.05) is 307 Å². The number of nitrogens with one attached hydrogen (secondary N) is 1. The summed E-state index contributed by atoms with van der Waals surface area (Å²) in [6.45, 7) is 4.53. The normalized spacial score (nSPS) is 14.6. The third-order valence-corrected chi connectivity index (χ3v) is 15.5. The van der Waals surface area contributed by atoms with E-state index in [1.54, 1.807) is 6.08 Å². The number of hydrogen-bond acceptors (Lipinski definition) is 6. The average molecular weight is 1190 g/mol. The molecule has 0 aliphatic rings. The summed E-state index contributed by atoms with van der Waals surface area (Å²) >= 11 is 0. The Bertz CT molecular complexity index is 1880. The van der Waals surface area contributed by atoms with Crippen LogP contribution in [0.5, 0.6) is 0 Å². The second kappa shape index (κ2) is 63.9. The molecule has 3 atom stereocenters. The number of unbranched alkanes of at least 4 members (excludes halogenated alkanes) is 26. The van der Waals surface area contributed by atoms with Crippen molar-refractivity contribution in [2.24, 2.45) is 0 Å². The number of nitrogens with zero attached hydrogens (tertiary/aromatic N) is 1. The minimum absolute atomic E-state index is 0.00993. The van der Waals surface area contributed by atoms with Gasteiger partial charge in [-0.15, -0.1) is 0 Å². The Morgan fingerprint density at radius 3 is 1.06 bits per heavy atom. The van der Waals surface area contributed by atoms with Gasteiger partial charge in [-0.25, -0.2) is 0 Å². The first-order valence-corrected chi connectivity index (χ1v) is 35.7. The van der Waals surface area contributed by atoms with Crippen LogP contribution in [-0.4, -0.2) is 68.5 Å². The Morgan fingerprint density at radius 2 is 0.726 bits per heavy atom. The van der Waals surface area contributed by atoms with Crippen molar-refractivity contribution in [3.05, 3.63) is 146 Å². The molecule has 0 bridgehead atoms. The van der Waals surface area contributed by atoms with Gasteiger partial charge in [0.2, 0.25) is 5.91 Å². The van der Waals surface area contributed by atoms with Crippen molar-refractivity contribution < 1.29 is 32.9 Å². The fourth-order valence-electron chi connectivity index (χ4n) is 9.28. The molecule has 480 valence electrons. The number of likely N-dealkylation sites (N-methyl/N-ethyl adjacent to an activating group) is 1. The quantitative estimate of drug-likeness (QED) is 0.0272. The molecule has 0 saturated heterocycles. The van der Waals surface area contributed by atoms with Crippen molar-refractivity contribution in [3.63, 3.8) is 0 Å². The van der Waals surface area contributed by atoms with Crippen molar-refractivity contribution >= 4 is 13.7 Å². The Kier molecular flexibility index (Phi) is 61.1. The number of amides is 1. The molecule has 0 aliphatic carbocycles. The smallest absolute Gasteiger partial charge is 0.268 e. The van der Waals surface area contributed by atoms with E-state index >= 15 is 0 Å². The zero-order chi connectivity index (χ0) is 61.2.